The molecule has 0 spiro atoms. The molecule has 3 unspecified atom stereocenters. The molecule has 0 aliphatic heterocycles. The van der Waals surface area contributed by atoms with Crippen LogP contribution in [-0.2, 0) is 6.18 Å². The monoisotopic (exact) mass is 227 g/mol. The van der Waals surface area contributed by atoms with Gasteiger partial charge in [-0.15, -0.1) is 0 Å². The molecule has 2 aliphatic rings. The maximum Gasteiger partial charge on any atom is 0.416 e. The Morgan fingerprint density at radius 2 is 2.00 bits per heavy atom. The van der Waals surface area contributed by atoms with Crippen LogP contribution in [-0.4, -0.2) is 7.05 Å². The van der Waals surface area contributed by atoms with E-state index in [1.807, 2.05) is 7.05 Å². The average Bonchev–Trinajstić information content (AvgIpc) is 2.93. The Labute approximate surface area is 91.7 Å². The number of nitrogens with one attached hydrogen (secondary N) is 1. The van der Waals surface area contributed by atoms with E-state index in [0.717, 1.165) is 17.5 Å². The van der Waals surface area contributed by atoms with Crippen LogP contribution in [0.3, 0.4) is 0 Å². The topological polar surface area (TPSA) is 12.0 Å². The standard InChI is InChI=1S/C12H12F3N/c1-16-11-7-3-2-6(12(13,14)15)4-8(7)9-5-10(9)11/h2-4,9-11,16H,5H2,1H3. The van der Waals surface area contributed by atoms with Crippen molar-refractivity contribution in [2.45, 2.75) is 24.6 Å². The van der Waals surface area contributed by atoms with Crippen molar-refractivity contribution < 1.29 is 13.2 Å². The van der Waals surface area contributed by atoms with Crippen molar-refractivity contribution in [2.24, 2.45) is 5.92 Å². The minimum absolute atomic E-state index is 0.252. The molecule has 0 bridgehead atoms. The molecular weight excluding hydrogens is 215 g/mol. The molecule has 1 fully saturated rings. The summed E-state index contributed by atoms with van der Waals surface area (Å²) in [5, 5.41) is 3.19. The molecule has 4 heteroatoms. The Kier molecular flexibility index (Phi) is 1.90. The molecule has 1 aromatic carbocycles. The van der Waals surface area contributed by atoms with Gasteiger partial charge in [0.25, 0.3) is 0 Å². The van der Waals surface area contributed by atoms with Crippen LogP contribution in [0.25, 0.3) is 0 Å². The fourth-order valence-corrected chi connectivity index (χ4v) is 2.90. The maximum absolute atomic E-state index is 12.6. The van der Waals surface area contributed by atoms with Crippen LogP contribution in [0.2, 0.25) is 0 Å². The van der Waals surface area contributed by atoms with Gasteiger partial charge in [0, 0.05) is 6.04 Å². The molecule has 1 nitrogen and oxygen atoms in total. The highest BCUT2D eigenvalue weighted by atomic mass is 19.4. The van der Waals surface area contributed by atoms with Crippen molar-refractivity contribution in [3.05, 3.63) is 34.9 Å². The van der Waals surface area contributed by atoms with Crippen molar-refractivity contribution in [1.29, 1.82) is 0 Å². The number of fused-ring (bicyclic) bond motifs is 3. The fraction of sp³-hybridized carbons (Fsp3) is 0.500. The first kappa shape index (κ1) is 10.1. The van der Waals surface area contributed by atoms with Crippen LogP contribution >= 0.6 is 0 Å². The summed E-state index contributed by atoms with van der Waals surface area (Å²) in [6.07, 6.45) is -3.20. The summed E-state index contributed by atoms with van der Waals surface area (Å²) in [5.41, 5.74) is 1.43. The number of rotatable bonds is 1. The number of benzene rings is 1. The van der Waals surface area contributed by atoms with E-state index in [2.05, 4.69) is 5.32 Å². The van der Waals surface area contributed by atoms with Gasteiger partial charge in [0.05, 0.1) is 5.56 Å². The summed E-state index contributed by atoms with van der Waals surface area (Å²) < 4.78 is 37.7. The van der Waals surface area contributed by atoms with Crippen LogP contribution in [0.15, 0.2) is 18.2 Å². The van der Waals surface area contributed by atoms with Gasteiger partial charge in [0.2, 0.25) is 0 Å². The summed E-state index contributed by atoms with van der Waals surface area (Å²) in [7, 11) is 1.87. The first-order chi connectivity index (χ1) is 7.52. The summed E-state index contributed by atoms with van der Waals surface area (Å²) >= 11 is 0. The molecular formula is C12H12F3N. The van der Waals surface area contributed by atoms with Gasteiger partial charge in [0.15, 0.2) is 0 Å². The van der Waals surface area contributed by atoms with Crippen molar-refractivity contribution in [3.63, 3.8) is 0 Å². The van der Waals surface area contributed by atoms with Crippen LogP contribution in [0.5, 0.6) is 0 Å². The molecule has 1 aromatic rings. The highest BCUT2D eigenvalue weighted by molar-refractivity contribution is 5.47. The van der Waals surface area contributed by atoms with Crippen LogP contribution in [0.4, 0.5) is 13.2 Å². The first-order valence-corrected chi connectivity index (χ1v) is 5.40. The molecule has 0 saturated heterocycles. The number of hydrogen-bond acceptors (Lipinski definition) is 1. The molecule has 86 valence electrons. The number of hydrogen-bond donors (Lipinski definition) is 1. The number of halogens is 3. The van der Waals surface area contributed by atoms with Crippen molar-refractivity contribution in [1.82, 2.24) is 5.32 Å². The van der Waals surface area contributed by atoms with E-state index in [9.17, 15) is 13.2 Å². The van der Waals surface area contributed by atoms with Crippen LogP contribution < -0.4 is 5.32 Å². The third-order valence-electron chi connectivity index (χ3n) is 3.73. The zero-order valence-electron chi connectivity index (χ0n) is 8.81. The minimum Gasteiger partial charge on any atom is -0.313 e. The summed E-state index contributed by atoms with van der Waals surface area (Å²) in [5.74, 6) is 0.873. The van der Waals surface area contributed by atoms with Gasteiger partial charge in [-0.05, 0) is 48.6 Å². The van der Waals surface area contributed by atoms with E-state index in [1.165, 1.54) is 12.1 Å². The van der Waals surface area contributed by atoms with Gasteiger partial charge in [0.1, 0.15) is 0 Å². The van der Waals surface area contributed by atoms with E-state index < -0.39 is 11.7 Å². The molecule has 3 atom stereocenters. The fourth-order valence-electron chi connectivity index (χ4n) is 2.90. The van der Waals surface area contributed by atoms with E-state index in [-0.39, 0.29) is 6.04 Å². The minimum atomic E-state index is -4.23. The summed E-state index contributed by atoms with van der Waals surface area (Å²) in [6, 6.07) is 4.40. The lowest BCUT2D eigenvalue weighted by Gasteiger charge is -2.15. The zero-order valence-corrected chi connectivity index (χ0v) is 8.81. The van der Waals surface area contributed by atoms with Gasteiger partial charge in [-0.3, -0.25) is 0 Å². The van der Waals surface area contributed by atoms with Gasteiger partial charge in [-0.25, -0.2) is 0 Å². The second-order valence-electron chi connectivity index (χ2n) is 4.61. The quantitative estimate of drug-likeness (QED) is 0.777. The van der Waals surface area contributed by atoms with Crippen molar-refractivity contribution in [3.8, 4) is 0 Å². The van der Waals surface area contributed by atoms with Crippen LogP contribution in [0.1, 0.15) is 35.1 Å². The van der Waals surface area contributed by atoms with E-state index >= 15 is 0 Å². The molecule has 0 radical (unpaired) electrons. The molecule has 0 aromatic heterocycles. The molecule has 2 aliphatic carbocycles. The SMILES string of the molecule is CNC1c2ccc(C(F)(F)F)cc2C2CC21. The molecule has 0 amide bonds. The Bertz CT molecular complexity index is 438. The number of alkyl halides is 3. The molecule has 1 N–H and O–H groups in total. The largest absolute Gasteiger partial charge is 0.416 e. The van der Waals surface area contributed by atoms with E-state index in [0.29, 0.717) is 11.8 Å². The molecule has 3 rings (SSSR count). The van der Waals surface area contributed by atoms with Gasteiger partial charge in [-0.1, -0.05) is 6.07 Å². The van der Waals surface area contributed by atoms with Crippen molar-refractivity contribution >= 4 is 0 Å². The second-order valence-corrected chi connectivity index (χ2v) is 4.61. The van der Waals surface area contributed by atoms with Crippen molar-refractivity contribution in [2.75, 3.05) is 7.05 Å². The Balaban J connectivity index is 2.05. The van der Waals surface area contributed by atoms with Gasteiger partial charge in [-0.2, -0.15) is 13.2 Å². The Morgan fingerprint density at radius 1 is 1.25 bits per heavy atom. The van der Waals surface area contributed by atoms with Gasteiger partial charge >= 0.3 is 6.18 Å². The normalized spacial score (nSPS) is 31.1. The Hall–Kier alpha value is -1.03. The highest BCUT2D eigenvalue weighted by Gasteiger charge is 2.51. The predicted molar refractivity (Wildman–Crippen MR) is 54.1 cm³/mol. The van der Waals surface area contributed by atoms with Crippen LogP contribution in [0, 0.1) is 5.92 Å². The zero-order chi connectivity index (χ0) is 11.5. The Morgan fingerprint density at radius 3 is 2.62 bits per heavy atom. The average molecular weight is 227 g/mol. The lowest BCUT2D eigenvalue weighted by molar-refractivity contribution is -0.137. The first-order valence-electron chi connectivity index (χ1n) is 5.40. The molecule has 16 heavy (non-hydrogen) atoms. The summed E-state index contributed by atoms with van der Waals surface area (Å²) in [6.45, 7) is 0. The predicted octanol–water partition coefficient (Wildman–Crippen LogP) is 3.08. The smallest absolute Gasteiger partial charge is 0.313 e. The van der Waals surface area contributed by atoms with Gasteiger partial charge < -0.3 is 5.32 Å². The van der Waals surface area contributed by atoms with E-state index in [1.54, 1.807) is 6.07 Å². The second kappa shape index (κ2) is 3.00. The lowest BCUT2D eigenvalue weighted by Crippen LogP contribution is -2.16. The maximum atomic E-state index is 12.6. The third kappa shape index (κ3) is 1.29. The third-order valence-corrected chi connectivity index (χ3v) is 3.73. The molecule has 1 saturated carbocycles. The molecule has 0 heterocycles. The summed E-state index contributed by atoms with van der Waals surface area (Å²) in [4.78, 5) is 0. The highest BCUT2D eigenvalue weighted by Crippen LogP contribution is 2.61. The van der Waals surface area contributed by atoms with E-state index in [4.69, 9.17) is 0 Å². The lowest BCUT2D eigenvalue weighted by atomic mass is 10.00.